The van der Waals surface area contributed by atoms with Crippen molar-refractivity contribution in [2.75, 3.05) is 23.3 Å². The summed E-state index contributed by atoms with van der Waals surface area (Å²) in [7, 11) is 0. The third kappa shape index (κ3) is 4.40. The second kappa shape index (κ2) is 7.44. The Bertz CT molecular complexity index is 764. The first-order valence-corrected chi connectivity index (χ1v) is 9.32. The Hall–Kier alpha value is -2.43. The average Bonchev–Trinajstić information content (AvgIpc) is 2.61. The minimum Gasteiger partial charge on any atom is -0.356 e. The predicted octanol–water partition coefficient (Wildman–Crippen LogP) is 4.26. The van der Waals surface area contributed by atoms with Gasteiger partial charge in [0.2, 0.25) is 0 Å². The van der Waals surface area contributed by atoms with Crippen molar-refractivity contribution >= 4 is 17.4 Å². The number of hydrogen-bond acceptors (Lipinski definition) is 4. The summed E-state index contributed by atoms with van der Waals surface area (Å²) in [4.78, 5) is 23.3. The molecule has 0 bridgehead atoms. The minimum absolute atomic E-state index is 0.0929. The van der Waals surface area contributed by atoms with Gasteiger partial charge in [-0.05, 0) is 41.9 Å². The molecule has 1 saturated heterocycles. The molecule has 1 N–H and O–H groups in total. The third-order valence-corrected chi connectivity index (χ3v) is 4.88. The molecule has 0 spiro atoms. The molecule has 0 radical (unpaired) electrons. The van der Waals surface area contributed by atoms with E-state index in [1.54, 1.807) is 6.07 Å². The summed E-state index contributed by atoms with van der Waals surface area (Å²) in [5.74, 6) is 1.28. The molecule has 1 aliphatic heterocycles. The van der Waals surface area contributed by atoms with E-state index in [0.29, 0.717) is 11.6 Å². The van der Waals surface area contributed by atoms with Gasteiger partial charge in [-0.3, -0.25) is 4.79 Å². The first-order valence-electron chi connectivity index (χ1n) is 9.32. The van der Waals surface area contributed by atoms with Crippen LogP contribution in [-0.4, -0.2) is 29.0 Å². The number of hydrogen-bond donors (Lipinski definition) is 1. The van der Waals surface area contributed by atoms with Gasteiger partial charge in [0.05, 0.1) is 0 Å². The van der Waals surface area contributed by atoms with E-state index in [1.165, 1.54) is 18.3 Å². The summed E-state index contributed by atoms with van der Waals surface area (Å²) in [6.45, 7) is 10.7. The zero-order valence-electron chi connectivity index (χ0n) is 16.1. The molecular weight excluding hydrogens is 324 g/mol. The molecule has 0 saturated carbocycles. The topological polar surface area (TPSA) is 58.1 Å². The maximum atomic E-state index is 12.6. The van der Waals surface area contributed by atoms with Crippen LogP contribution in [-0.2, 0) is 5.41 Å². The fourth-order valence-electron chi connectivity index (χ4n) is 3.29. The average molecular weight is 352 g/mol. The Morgan fingerprint density at radius 2 is 1.92 bits per heavy atom. The van der Waals surface area contributed by atoms with E-state index in [9.17, 15) is 4.79 Å². The van der Waals surface area contributed by atoms with Crippen molar-refractivity contribution in [1.29, 1.82) is 0 Å². The standard InChI is InChI=1S/C21H28N4O/c1-15-6-5-11-25(13-15)19-12-18(22-14-23-19)20(26)24-17-9-7-16(8-10-17)21(2,3)4/h7-10,12,14-15H,5-6,11,13H2,1-4H3,(H,24,26). The Kier molecular flexibility index (Phi) is 5.25. The minimum atomic E-state index is -0.206. The van der Waals surface area contributed by atoms with E-state index < -0.39 is 0 Å². The molecule has 26 heavy (non-hydrogen) atoms. The van der Waals surface area contributed by atoms with Crippen molar-refractivity contribution in [3.63, 3.8) is 0 Å². The summed E-state index contributed by atoms with van der Waals surface area (Å²) in [6, 6.07) is 9.77. The quantitative estimate of drug-likeness (QED) is 0.896. The van der Waals surface area contributed by atoms with Gasteiger partial charge in [0.15, 0.2) is 0 Å². The van der Waals surface area contributed by atoms with Gasteiger partial charge in [-0.15, -0.1) is 0 Å². The largest absolute Gasteiger partial charge is 0.356 e. The molecule has 2 heterocycles. The first-order chi connectivity index (χ1) is 12.3. The van der Waals surface area contributed by atoms with Gasteiger partial charge in [-0.1, -0.05) is 39.8 Å². The van der Waals surface area contributed by atoms with Crippen molar-refractivity contribution in [2.45, 2.75) is 46.0 Å². The highest BCUT2D eigenvalue weighted by molar-refractivity contribution is 6.03. The van der Waals surface area contributed by atoms with Crippen LogP contribution in [0.3, 0.4) is 0 Å². The Morgan fingerprint density at radius 1 is 1.19 bits per heavy atom. The Balaban J connectivity index is 1.71. The lowest BCUT2D eigenvalue weighted by molar-refractivity contribution is 0.102. The van der Waals surface area contributed by atoms with E-state index in [4.69, 9.17) is 0 Å². The molecule has 0 aliphatic carbocycles. The van der Waals surface area contributed by atoms with Crippen molar-refractivity contribution in [1.82, 2.24) is 9.97 Å². The summed E-state index contributed by atoms with van der Waals surface area (Å²) in [5, 5.41) is 2.93. The number of carbonyl (C=O) groups excluding carboxylic acids is 1. The van der Waals surface area contributed by atoms with Crippen molar-refractivity contribution in [2.24, 2.45) is 5.92 Å². The molecule has 2 aromatic rings. The number of nitrogens with one attached hydrogen (secondary N) is 1. The summed E-state index contributed by atoms with van der Waals surface area (Å²) in [5.41, 5.74) is 2.50. The van der Waals surface area contributed by atoms with Gasteiger partial charge in [-0.25, -0.2) is 9.97 Å². The molecule has 1 fully saturated rings. The summed E-state index contributed by atoms with van der Waals surface area (Å²) >= 11 is 0. The van der Waals surface area contributed by atoms with Crippen molar-refractivity contribution < 1.29 is 4.79 Å². The molecule has 1 aliphatic rings. The zero-order valence-corrected chi connectivity index (χ0v) is 16.1. The number of rotatable bonds is 3. The van der Waals surface area contributed by atoms with Crippen LogP contribution in [0.1, 0.15) is 56.6 Å². The molecule has 3 rings (SSSR count). The molecule has 1 unspecified atom stereocenters. The van der Waals surface area contributed by atoms with E-state index >= 15 is 0 Å². The molecule has 1 aromatic heterocycles. The molecule has 5 heteroatoms. The molecular formula is C21H28N4O. The maximum absolute atomic E-state index is 12.6. The van der Waals surface area contributed by atoms with Crippen LogP contribution >= 0.6 is 0 Å². The highest BCUT2D eigenvalue weighted by Gasteiger charge is 2.19. The Morgan fingerprint density at radius 3 is 2.58 bits per heavy atom. The second-order valence-corrected chi connectivity index (χ2v) is 8.24. The van der Waals surface area contributed by atoms with E-state index in [2.05, 4.69) is 60.0 Å². The van der Waals surface area contributed by atoms with Crippen molar-refractivity contribution in [3.8, 4) is 0 Å². The highest BCUT2D eigenvalue weighted by Crippen LogP contribution is 2.24. The summed E-state index contributed by atoms with van der Waals surface area (Å²) in [6.07, 6.45) is 3.89. The van der Waals surface area contributed by atoms with Gasteiger partial charge in [0, 0.05) is 24.8 Å². The number of anilines is 2. The molecule has 1 aromatic carbocycles. The monoisotopic (exact) mass is 352 g/mol. The number of benzene rings is 1. The van der Waals surface area contributed by atoms with Crippen LogP contribution in [0, 0.1) is 5.92 Å². The highest BCUT2D eigenvalue weighted by atomic mass is 16.1. The van der Waals surface area contributed by atoms with Gasteiger partial charge >= 0.3 is 0 Å². The Labute approximate surface area is 155 Å². The SMILES string of the molecule is CC1CCCN(c2cc(C(=O)Nc3ccc(C(C)(C)C)cc3)ncn2)C1. The smallest absolute Gasteiger partial charge is 0.274 e. The normalized spacial score (nSPS) is 17.8. The molecule has 1 atom stereocenters. The summed E-state index contributed by atoms with van der Waals surface area (Å²) < 4.78 is 0. The van der Waals surface area contributed by atoms with Crippen LogP contribution < -0.4 is 10.2 Å². The number of nitrogens with zero attached hydrogens (tertiary/aromatic N) is 3. The lowest BCUT2D eigenvalue weighted by atomic mass is 9.87. The fraction of sp³-hybridized carbons (Fsp3) is 0.476. The lowest BCUT2D eigenvalue weighted by Gasteiger charge is -2.31. The lowest BCUT2D eigenvalue weighted by Crippen LogP contribution is -2.35. The second-order valence-electron chi connectivity index (χ2n) is 8.24. The maximum Gasteiger partial charge on any atom is 0.274 e. The van der Waals surface area contributed by atoms with E-state index in [0.717, 1.165) is 31.0 Å². The van der Waals surface area contributed by atoms with E-state index in [1.807, 2.05) is 12.1 Å². The fourth-order valence-corrected chi connectivity index (χ4v) is 3.29. The number of piperidine rings is 1. The number of aromatic nitrogens is 2. The molecule has 5 nitrogen and oxygen atoms in total. The van der Waals surface area contributed by atoms with Gasteiger partial charge in [-0.2, -0.15) is 0 Å². The molecule has 138 valence electrons. The van der Waals surface area contributed by atoms with Crippen LogP contribution in [0.25, 0.3) is 0 Å². The zero-order chi connectivity index (χ0) is 18.7. The first kappa shape index (κ1) is 18.4. The third-order valence-electron chi connectivity index (χ3n) is 4.88. The predicted molar refractivity (Wildman–Crippen MR) is 106 cm³/mol. The van der Waals surface area contributed by atoms with Crippen molar-refractivity contribution in [3.05, 3.63) is 47.9 Å². The van der Waals surface area contributed by atoms with Crippen LogP contribution in [0.5, 0.6) is 0 Å². The van der Waals surface area contributed by atoms with Gasteiger partial charge < -0.3 is 10.2 Å². The van der Waals surface area contributed by atoms with E-state index in [-0.39, 0.29) is 11.3 Å². The van der Waals surface area contributed by atoms with Crippen LogP contribution in [0.2, 0.25) is 0 Å². The van der Waals surface area contributed by atoms with Crippen LogP contribution in [0.15, 0.2) is 36.7 Å². The number of carbonyl (C=O) groups is 1. The van der Waals surface area contributed by atoms with Crippen LogP contribution in [0.4, 0.5) is 11.5 Å². The van der Waals surface area contributed by atoms with Gasteiger partial charge in [0.1, 0.15) is 17.8 Å². The number of amides is 1. The van der Waals surface area contributed by atoms with Gasteiger partial charge in [0.25, 0.3) is 5.91 Å². The molecule has 1 amide bonds.